The highest BCUT2D eigenvalue weighted by atomic mass is 32.2. The Hall–Kier alpha value is -0.200. The van der Waals surface area contributed by atoms with Gasteiger partial charge in [-0.3, -0.25) is 0 Å². The second-order valence-electron chi connectivity index (χ2n) is 4.86. The molecular formula is C13H22N2O2S2. The molecule has 0 aromatic carbocycles. The molecule has 1 saturated heterocycles. The first-order valence-electron chi connectivity index (χ1n) is 6.92. The predicted molar refractivity (Wildman–Crippen MR) is 80.7 cm³/mol. The average Bonchev–Trinajstić information content (AvgIpc) is 2.95. The molecule has 6 heteroatoms. The average molecular weight is 302 g/mol. The summed E-state index contributed by atoms with van der Waals surface area (Å²) in [5.74, 6) is 3.62. The first-order valence-corrected chi connectivity index (χ1v) is 9.01. The summed E-state index contributed by atoms with van der Waals surface area (Å²) in [6.45, 7) is 6.10. The van der Waals surface area contributed by atoms with E-state index >= 15 is 0 Å². The molecule has 0 amide bonds. The fraction of sp³-hybridized carbons (Fsp3) is 0.846. The van der Waals surface area contributed by atoms with Crippen molar-refractivity contribution in [3.05, 3.63) is 11.7 Å². The molecule has 0 bridgehead atoms. The van der Waals surface area contributed by atoms with Crippen LogP contribution in [0, 0.1) is 0 Å². The number of aromatic nitrogens is 2. The molecule has 1 aromatic heterocycles. The van der Waals surface area contributed by atoms with E-state index in [4.69, 9.17) is 4.52 Å². The van der Waals surface area contributed by atoms with Crippen LogP contribution in [0.4, 0.5) is 0 Å². The molecule has 1 fully saturated rings. The predicted octanol–water partition coefficient (Wildman–Crippen LogP) is 3.24. The highest BCUT2D eigenvalue weighted by Crippen LogP contribution is 2.43. The van der Waals surface area contributed by atoms with Gasteiger partial charge < -0.3 is 9.63 Å². The molecule has 4 unspecified atom stereocenters. The number of hydrogen-bond acceptors (Lipinski definition) is 6. The summed E-state index contributed by atoms with van der Waals surface area (Å²) in [6.07, 6.45) is 1.41. The van der Waals surface area contributed by atoms with Gasteiger partial charge in [0.25, 0.3) is 0 Å². The van der Waals surface area contributed by atoms with E-state index in [1.165, 1.54) is 5.75 Å². The van der Waals surface area contributed by atoms with Crippen LogP contribution in [0.25, 0.3) is 0 Å². The van der Waals surface area contributed by atoms with Crippen molar-refractivity contribution in [2.45, 2.75) is 56.1 Å². The summed E-state index contributed by atoms with van der Waals surface area (Å²) >= 11 is 3.92. The molecule has 4 nitrogen and oxygen atoms in total. The SMILES string of the molecule is CCC(O)C(C)c1nc(C2SCCSC2CC)no1. The van der Waals surface area contributed by atoms with Crippen LogP contribution in [0.3, 0.4) is 0 Å². The fourth-order valence-corrected chi connectivity index (χ4v) is 5.19. The topological polar surface area (TPSA) is 59.2 Å². The molecule has 4 atom stereocenters. The van der Waals surface area contributed by atoms with Gasteiger partial charge in [0.05, 0.1) is 17.3 Å². The van der Waals surface area contributed by atoms with E-state index in [0.717, 1.165) is 18.0 Å². The van der Waals surface area contributed by atoms with Crippen LogP contribution >= 0.6 is 23.5 Å². The molecular weight excluding hydrogens is 280 g/mol. The Morgan fingerprint density at radius 2 is 2.11 bits per heavy atom. The minimum atomic E-state index is -0.413. The van der Waals surface area contributed by atoms with Crippen molar-refractivity contribution < 1.29 is 9.63 Å². The maximum atomic E-state index is 9.86. The van der Waals surface area contributed by atoms with Crippen molar-refractivity contribution in [3.8, 4) is 0 Å². The van der Waals surface area contributed by atoms with Gasteiger partial charge in [-0.1, -0.05) is 25.9 Å². The summed E-state index contributed by atoms with van der Waals surface area (Å²) in [5, 5.41) is 14.9. The van der Waals surface area contributed by atoms with Crippen LogP contribution in [0.15, 0.2) is 4.52 Å². The number of nitrogens with zero attached hydrogens (tertiary/aromatic N) is 2. The number of aliphatic hydroxyl groups excluding tert-OH is 1. The van der Waals surface area contributed by atoms with E-state index in [2.05, 4.69) is 17.1 Å². The summed E-state index contributed by atoms with van der Waals surface area (Å²) in [5.41, 5.74) is 0. The molecule has 2 rings (SSSR count). The van der Waals surface area contributed by atoms with Gasteiger partial charge in [-0.15, -0.1) is 11.8 Å². The molecule has 0 spiro atoms. The zero-order chi connectivity index (χ0) is 13.8. The number of thioether (sulfide) groups is 2. The molecule has 0 radical (unpaired) electrons. The lowest BCUT2D eigenvalue weighted by atomic mass is 10.0. The standard InChI is InChI=1S/C13H22N2O2S2/c1-4-9(16)8(3)13-14-12(15-17-13)11-10(5-2)18-6-7-19-11/h8-11,16H,4-7H2,1-3H3. The molecule has 1 aromatic rings. The van der Waals surface area contributed by atoms with E-state index < -0.39 is 6.10 Å². The third-order valence-corrected chi connectivity index (χ3v) is 6.79. The van der Waals surface area contributed by atoms with Crippen LogP contribution in [0.1, 0.15) is 56.5 Å². The third-order valence-electron chi connectivity index (χ3n) is 3.55. The summed E-state index contributed by atoms with van der Waals surface area (Å²) in [4.78, 5) is 4.53. The van der Waals surface area contributed by atoms with Gasteiger partial charge in [0.2, 0.25) is 5.89 Å². The van der Waals surface area contributed by atoms with Crippen molar-refractivity contribution in [1.82, 2.24) is 10.1 Å². The molecule has 0 saturated carbocycles. The van der Waals surface area contributed by atoms with Crippen LogP contribution < -0.4 is 0 Å². The lowest BCUT2D eigenvalue weighted by Gasteiger charge is -2.27. The zero-order valence-electron chi connectivity index (χ0n) is 11.7. The van der Waals surface area contributed by atoms with E-state index in [1.54, 1.807) is 0 Å². The lowest BCUT2D eigenvalue weighted by Crippen LogP contribution is -2.19. The third kappa shape index (κ3) is 3.47. The van der Waals surface area contributed by atoms with E-state index in [1.807, 2.05) is 37.4 Å². The number of hydrogen-bond donors (Lipinski definition) is 1. The maximum absolute atomic E-state index is 9.86. The normalized spacial score (nSPS) is 27.2. The Kier molecular flexibility index (Phi) is 5.59. The van der Waals surface area contributed by atoms with Gasteiger partial charge in [0.15, 0.2) is 5.82 Å². The first-order chi connectivity index (χ1) is 9.17. The minimum Gasteiger partial charge on any atom is -0.392 e. The lowest BCUT2D eigenvalue weighted by molar-refractivity contribution is 0.129. The van der Waals surface area contributed by atoms with E-state index in [-0.39, 0.29) is 5.92 Å². The Balaban J connectivity index is 2.11. The second kappa shape index (κ2) is 6.99. The molecule has 19 heavy (non-hydrogen) atoms. The minimum absolute atomic E-state index is 0.0902. The Bertz CT molecular complexity index is 400. The summed E-state index contributed by atoms with van der Waals surface area (Å²) in [6, 6.07) is 0. The molecule has 1 N–H and O–H groups in total. The Morgan fingerprint density at radius 3 is 2.79 bits per heavy atom. The van der Waals surface area contributed by atoms with Gasteiger partial charge in [0, 0.05) is 16.8 Å². The molecule has 1 aliphatic rings. The van der Waals surface area contributed by atoms with Gasteiger partial charge in [0.1, 0.15) is 0 Å². The van der Waals surface area contributed by atoms with Crippen LogP contribution in [-0.4, -0.2) is 38.1 Å². The molecule has 0 aliphatic carbocycles. The molecule has 1 aliphatic heterocycles. The monoisotopic (exact) mass is 302 g/mol. The quantitative estimate of drug-likeness (QED) is 0.901. The van der Waals surface area contributed by atoms with Crippen molar-refractivity contribution in [2.75, 3.05) is 11.5 Å². The van der Waals surface area contributed by atoms with Crippen molar-refractivity contribution in [1.29, 1.82) is 0 Å². The molecule has 108 valence electrons. The van der Waals surface area contributed by atoms with Crippen LogP contribution in [0.2, 0.25) is 0 Å². The number of rotatable bonds is 5. The van der Waals surface area contributed by atoms with Gasteiger partial charge in [-0.2, -0.15) is 16.7 Å². The Labute approximate surface area is 123 Å². The highest BCUT2D eigenvalue weighted by Gasteiger charge is 2.31. The van der Waals surface area contributed by atoms with Gasteiger partial charge in [-0.05, 0) is 12.8 Å². The summed E-state index contributed by atoms with van der Waals surface area (Å²) < 4.78 is 5.35. The number of aliphatic hydroxyl groups is 1. The van der Waals surface area contributed by atoms with E-state index in [0.29, 0.717) is 22.8 Å². The van der Waals surface area contributed by atoms with Crippen molar-refractivity contribution in [2.24, 2.45) is 0 Å². The second-order valence-corrected chi connectivity index (χ2v) is 7.46. The zero-order valence-corrected chi connectivity index (χ0v) is 13.3. The highest BCUT2D eigenvalue weighted by molar-refractivity contribution is 8.06. The van der Waals surface area contributed by atoms with Gasteiger partial charge in [-0.25, -0.2) is 0 Å². The first kappa shape index (κ1) is 15.2. The maximum Gasteiger partial charge on any atom is 0.232 e. The fourth-order valence-electron chi connectivity index (χ4n) is 2.21. The van der Waals surface area contributed by atoms with Crippen LogP contribution in [0.5, 0.6) is 0 Å². The smallest absolute Gasteiger partial charge is 0.232 e. The van der Waals surface area contributed by atoms with Crippen molar-refractivity contribution >= 4 is 23.5 Å². The van der Waals surface area contributed by atoms with E-state index in [9.17, 15) is 5.11 Å². The van der Waals surface area contributed by atoms with Crippen molar-refractivity contribution in [3.63, 3.8) is 0 Å². The van der Waals surface area contributed by atoms with Gasteiger partial charge >= 0.3 is 0 Å². The van der Waals surface area contributed by atoms with Crippen LogP contribution in [-0.2, 0) is 0 Å². The Morgan fingerprint density at radius 1 is 1.37 bits per heavy atom. The molecule has 2 heterocycles. The largest absolute Gasteiger partial charge is 0.392 e. The summed E-state index contributed by atoms with van der Waals surface area (Å²) in [7, 11) is 0.